The maximum atomic E-state index is 12.1. The number of fused-ring (bicyclic) bond motifs is 1. The molecule has 0 spiro atoms. The highest BCUT2D eigenvalue weighted by Gasteiger charge is 2.26. The van der Waals surface area contributed by atoms with Crippen LogP contribution in [0, 0.1) is 18.8 Å². The van der Waals surface area contributed by atoms with Gasteiger partial charge in [0.15, 0.2) is 11.6 Å². The topological polar surface area (TPSA) is 116 Å². The van der Waals surface area contributed by atoms with E-state index in [1.165, 1.54) is 49.7 Å². The van der Waals surface area contributed by atoms with Crippen LogP contribution in [-0.4, -0.2) is 49.3 Å². The number of nitrogens with one attached hydrogen (secondary N) is 3. The van der Waals surface area contributed by atoms with E-state index in [0.717, 1.165) is 36.2 Å². The van der Waals surface area contributed by atoms with Gasteiger partial charge in [0, 0.05) is 37.0 Å². The molecule has 10 nitrogen and oxygen atoms in total. The summed E-state index contributed by atoms with van der Waals surface area (Å²) < 4.78 is 14.0. The average Bonchev–Trinajstić information content (AvgIpc) is 3.26. The van der Waals surface area contributed by atoms with Crippen molar-refractivity contribution in [2.75, 3.05) is 28.6 Å². The first-order valence-corrected chi connectivity index (χ1v) is 11.3. The van der Waals surface area contributed by atoms with Crippen molar-refractivity contribution >= 4 is 35.2 Å². The third-order valence-corrected chi connectivity index (χ3v) is 5.58. The molecule has 1 aliphatic heterocycles. The number of amides is 1. The fourth-order valence-electron chi connectivity index (χ4n) is 3.72. The van der Waals surface area contributed by atoms with Crippen LogP contribution in [-0.2, 0) is 4.79 Å². The molecule has 35 heavy (non-hydrogen) atoms. The van der Waals surface area contributed by atoms with Crippen molar-refractivity contribution in [2.24, 2.45) is 0 Å². The predicted molar refractivity (Wildman–Crippen MR) is 132 cm³/mol. The molecule has 0 atom stereocenters. The van der Waals surface area contributed by atoms with E-state index in [1.54, 1.807) is 0 Å². The van der Waals surface area contributed by atoms with Crippen LogP contribution in [0.25, 0.3) is 5.52 Å². The van der Waals surface area contributed by atoms with Crippen LogP contribution in [0.4, 0.5) is 27.7 Å². The summed E-state index contributed by atoms with van der Waals surface area (Å²) in [6.07, 6.45) is 16.6. The molecule has 5 heterocycles. The average molecular weight is 476 g/mol. The van der Waals surface area contributed by atoms with E-state index in [9.17, 15) is 9.18 Å². The SMILES string of the molecule is C#C.O=CNc1ccc(F)nc1.c1cc2c(Nc3cc(C4CC4)[nH]n3)nc(N3CCCC3)nn2c1. The monoisotopic (exact) mass is 475 g/mol. The van der Waals surface area contributed by atoms with Gasteiger partial charge in [0.25, 0.3) is 0 Å². The molecule has 1 saturated heterocycles. The lowest BCUT2D eigenvalue weighted by Gasteiger charge is -2.16. The summed E-state index contributed by atoms with van der Waals surface area (Å²) in [5.41, 5.74) is 2.66. The number of hydrogen-bond acceptors (Lipinski definition) is 7. The minimum atomic E-state index is -0.559. The molecule has 11 heteroatoms. The van der Waals surface area contributed by atoms with E-state index in [4.69, 9.17) is 4.98 Å². The number of anilines is 4. The molecule has 4 aromatic rings. The maximum absolute atomic E-state index is 12.1. The van der Waals surface area contributed by atoms with Crippen molar-refractivity contribution in [3.63, 3.8) is 0 Å². The van der Waals surface area contributed by atoms with Crippen LogP contribution in [0.5, 0.6) is 0 Å². The molecule has 180 valence electrons. The number of H-pyrrole nitrogens is 1. The lowest BCUT2D eigenvalue weighted by atomic mass is 10.3. The largest absolute Gasteiger partial charge is 0.340 e. The van der Waals surface area contributed by atoms with Gasteiger partial charge in [-0.3, -0.25) is 9.89 Å². The number of nitrogens with zero attached hydrogens (tertiary/aromatic N) is 6. The molecule has 2 aliphatic rings. The van der Waals surface area contributed by atoms with Gasteiger partial charge in [0.05, 0.1) is 11.9 Å². The molecule has 0 unspecified atom stereocenters. The van der Waals surface area contributed by atoms with Gasteiger partial charge in [-0.2, -0.15) is 14.5 Å². The Balaban J connectivity index is 0.000000204. The number of carbonyl (C=O) groups is 1. The van der Waals surface area contributed by atoms with Gasteiger partial charge in [-0.15, -0.1) is 17.9 Å². The van der Waals surface area contributed by atoms with E-state index in [2.05, 4.69) is 54.7 Å². The van der Waals surface area contributed by atoms with Crippen molar-refractivity contribution in [3.8, 4) is 12.8 Å². The quantitative estimate of drug-likeness (QED) is 0.221. The van der Waals surface area contributed by atoms with Crippen LogP contribution < -0.4 is 15.5 Å². The van der Waals surface area contributed by atoms with Gasteiger partial charge in [-0.1, -0.05) is 0 Å². The Morgan fingerprint density at radius 3 is 2.66 bits per heavy atom. The van der Waals surface area contributed by atoms with Gasteiger partial charge < -0.3 is 15.5 Å². The molecule has 6 rings (SSSR count). The lowest BCUT2D eigenvalue weighted by Crippen LogP contribution is -2.22. The second-order valence-electron chi connectivity index (χ2n) is 8.03. The van der Waals surface area contributed by atoms with E-state index in [0.29, 0.717) is 18.0 Å². The Morgan fingerprint density at radius 2 is 1.97 bits per heavy atom. The molecule has 0 radical (unpaired) electrons. The molecular weight excluding hydrogens is 449 g/mol. The zero-order chi connectivity index (χ0) is 24.6. The summed E-state index contributed by atoms with van der Waals surface area (Å²) in [7, 11) is 0. The third-order valence-electron chi connectivity index (χ3n) is 5.58. The highest BCUT2D eigenvalue weighted by atomic mass is 19.1. The Bertz CT molecular complexity index is 1270. The van der Waals surface area contributed by atoms with Gasteiger partial charge in [-0.25, -0.2) is 9.50 Å². The van der Waals surface area contributed by atoms with Crippen LogP contribution in [0.3, 0.4) is 0 Å². The Labute approximate surface area is 202 Å². The van der Waals surface area contributed by atoms with Gasteiger partial charge in [-0.05, 0) is 49.9 Å². The van der Waals surface area contributed by atoms with Crippen molar-refractivity contribution in [2.45, 2.75) is 31.6 Å². The van der Waals surface area contributed by atoms with Crippen molar-refractivity contribution in [1.82, 2.24) is 29.8 Å². The van der Waals surface area contributed by atoms with Crippen LogP contribution in [0.15, 0.2) is 42.7 Å². The van der Waals surface area contributed by atoms with Crippen LogP contribution in [0.2, 0.25) is 0 Å². The first-order valence-electron chi connectivity index (χ1n) is 11.3. The van der Waals surface area contributed by atoms with Crippen LogP contribution >= 0.6 is 0 Å². The Kier molecular flexibility index (Phi) is 7.52. The summed E-state index contributed by atoms with van der Waals surface area (Å²) in [6, 6.07) is 8.70. The molecule has 2 fully saturated rings. The van der Waals surface area contributed by atoms with Crippen molar-refractivity contribution in [3.05, 3.63) is 54.4 Å². The molecule has 1 amide bonds. The van der Waals surface area contributed by atoms with Gasteiger partial charge >= 0.3 is 0 Å². The molecule has 4 aromatic heterocycles. The number of terminal acetylenes is 1. The number of halogens is 1. The Hall–Kier alpha value is -4.46. The zero-order valence-electron chi connectivity index (χ0n) is 19.1. The maximum Gasteiger partial charge on any atom is 0.245 e. The van der Waals surface area contributed by atoms with E-state index < -0.39 is 5.95 Å². The minimum absolute atomic E-state index is 0.483. The fraction of sp³-hybridized carbons (Fsp3) is 0.292. The zero-order valence-corrected chi connectivity index (χ0v) is 19.1. The molecule has 1 aliphatic carbocycles. The summed E-state index contributed by atoms with van der Waals surface area (Å²) >= 11 is 0. The van der Waals surface area contributed by atoms with Gasteiger partial charge in [0.2, 0.25) is 18.3 Å². The predicted octanol–water partition coefficient (Wildman–Crippen LogP) is 3.71. The summed E-state index contributed by atoms with van der Waals surface area (Å²) in [4.78, 5) is 20.1. The van der Waals surface area contributed by atoms with E-state index in [1.807, 2.05) is 22.8 Å². The molecule has 0 aromatic carbocycles. The smallest absolute Gasteiger partial charge is 0.245 e. The lowest BCUT2D eigenvalue weighted by molar-refractivity contribution is -0.105. The molecule has 3 N–H and O–H groups in total. The number of hydrogen-bond donors (Lipinski definition) is 3. The third kappa shape index (κ3) is 5.92. The molecular formula is C24H26FN9O. The van der Waals surface area contributed by atoms with E-state index >= 15 is 0 Å². The van der Waals surface area contributed by atoms with Crippen LogP contribution in [0.1, 0.15) is 37.3 Å². The number of pyridine rings is 1. The molecule has 0 bridgehead atoms. The van der Waals surface area contributed by atoms with Crippen molar-refractivity contribution < 1.29 is 9.18 Å². The second-order valence-corrected chi connectivity index (χ2v) is 8.03. The fourth-order valence-corrected chi connectivity index (χ4v) is 3.72. The van der Waals surface area contributed by atoms with E-state index in [-0.39, 0.29) is 0 Å². The number of carbonyl (C=O) groups excluding carboxylic acids is 1. The Morgan fingerprint density at radius 1 is 1.17 bits per heavy atom. The van der Waals surface area contributed by atoms with Crippen molar-refractivity contribution in [1.29, 1.82) is 0 Å². The number of aromatic amines is 1. The normalized spacial score (nSPS) is 14.4. The summed E-state index contributed by atoms with van der Waals surface area (Å²) in [5, 5.41) is 17.8. The number of aromatic nitrogens is 6. The minimum Gasteiger partial charge on any atom is -0.340 e. The highest BCUT2D eigenvalue weighted by molar-refractivity contribution is 5.73. The molecule has 1 saturated carbocycles. The number of rotatable bonds is 6. The summed E-state index contributed by atoms with van der Waals surface area (Å²) in [5.74, 6) is 2.52. The first kappa shape index (κ1) is 23.7. The van der Waals surface area contributed by atoms with Gasteiger partial charge in [0.1, 0.15) is 5.52 Å². The first-order chi connectivity index (χ1) is 17.2. The highest BCUT2D eigenvalue weighted by Crippen LogP contribution is 2.39. The second kappa shape index (κ2) is 11.1. The summed E-state index contributed by atoms with van der Waals surface area (Å²) in [6.45, 7) is 2.06. The standard InChI is InChI=1S/C16H19N7.C6H5FN2O.C2H2/c1-2-8-22(7-1)16-18-15(13-4-3-9-23(13)21-16)17-14-10-12(19-20-14)11-5-6-11;7-6-2-1-5(3-8-6)9-4-10;1-2/h3-4,9-11H,1-2,5-8H2,(H2,17,18,19,20,21);1-4H,(H,9,10);1-2H.